The molecule has 0 aromatic carbocycles. The van der Waals surface area contributed by atoms with Crippen LogP contribution in [0.1, 0.15) is 37.0 Å². The molecule has 1 heterocycles. The fraction of sp³-hybridized carbons (Fsp3) is 0.615. The number of nitrogens with two attached hydrogens (primary N) is 2. The van der Waals surface area contributed by atoms with Gasteiger partial charge in [-0.05, 0) is 0 Å². The van der Waals surface area contributed by atoms with Crippen LogP contribution in [-0.2, 0) is 15.1 Å². The summed E-state index contributed by atoms with van der Waals surface area (Å²) in [5.41, 5.74) is 8.07. The number of carboxylic acids is 1. The maximum absolute atomic E-state index is 12.1. The van der Waals surface area contributed by atoms with Gasteiger partial charge in [-0.2, -0.15) is 4.98 Å². The van der Waals surface area contributed by atoms with Gasteiger partial charge >= 0.3 is 12.0 Å². The van der Waals surface area contributed by atoms with Crippen LogP contribution >= 0.6 is 0 Å². The van der Waals surface area contributed by atoms with Gasteiger partial charge in [-0.25, -0.2) is 9.59 Å². The molecule has 0 spiro atoms. The summed E-state index contributed by atoms with van der Waals surface area (Å²) in [5, 5.41) is 36.1. The Morgan fingerprint density at radius 1 is 1.31 bits per heavy atom. The van der Waals surface area contributed by atoms with Crippen LogP contribution in [0.15, 0.2) is 4.52 Å². The van der Waals surface area contributed by atoms with Gasteiger partial charge in [-0.3, -0.25) is 4.79 Å². The first kappa shape index (κ1) is 18.0. The highest BCUT2D eigenvalue weighted by molar-refractivity contribution is 5.90. The molecule has 2 aliphatic rings. The van der Waals surface area contributed by atoms with Gasteiger partial charge in [-0.1, -0.05) is 5.16 Å². The molecule has 9 N–H and O–H groups in total. The number of aliphatic hydroxyl groups excluding tert-OH is 2. The highest BCUT2D eigenvalue weighted by Crippen LogP contribution is 2.41. The minimum atomic E-state index is -1.78. The van der Waals surface area contributed by atoms with Crippen LogP contribution in [0, 0.1) is 0 Å². The van der Waals surface area contributed by atoms with Gasteiger partial charge in [0.2, 0.25) is 11.8 Å². The highest BCUT2D eigenvalue weighted by Gasteiger charge is 2.62. The second kappa shape index (κ2) is 5.89. The van der Waals surface area contributed by atoms with Crippen LogP contribution < -0.4 is 22.1 Å². The summed E-state index contributed by atoms with van der Waals surface area (Å²) in [5.74, 6) is -2.35. The minimum absolute atomic E-state index is 0.0105. The number of carboxylic acid groups (broad SMARTS) is 1. The number of primary amides is 1. The first-order valence-corrected chi connectivity index (χ1v) is 7.68. The summed E-state index contributed by atoms with van der Waals surface area (Å²) in [6.45, 7) is 0. The molecule has 142 valence electrons. The van der Waals surface area contributed by atoms with Crippen molar-refractivity contribution >= 4 is 17.9 Å². The monoisotopic (exact) mass is 370 g/mol. The number of urea groups is 1. The molecule has 13 nitrogen and oxygen atoms in total. The van der Waals surface area contributed by atoms with Gasteiger partial charge in [0.1, 0.15) is 11.6 Å². The number of amides is 3. The Labute approximate surface area is 145 Å². The fourth-order valence-electron chi connectivity index (χ4n) is 2.53. The number of hydrogen-bond donors (Lipinski definition) is 7. The van der Waals surface area contributed by atoms with Crippen LogP contribution in [0.4, 0.5) is 4.79 Å². The van der Waals surface area contributed by atoms with Gasteiger partial charge in [-0.15, -0.1) is 0 Å². The number of aliphatic hydroxyl groups is 2. The maximum Gasteiger partial charge on any atom is 0.332 e. The summed E-state index contributed by atoms with van der Waals surface area (Å²) in [6.07, 6.45) is -2.36. The highest BCUT2D eigenvalue weighted by atomic mass is 16.5. The Morgan fingerprint density at radius 3 is 2.38 bits per heavy atom. The topological polar surface area (TPSA) is 227 Å². The third-order valence-electron chi connectivity index (χ3n) is 4.47. The number of rotatable bonds is 7. The maximum atomic E-state index is 12.1. The van der Waals surface area contributed by atoms with E-state index in [1.165, 1.54) is 0 Å². The van der Waals surface area contributed by atoms with E-state index < -0.39 is 53.7 Å². The van der Waals surface area contributed by atoms with E-state index in [-0.39, 0.29) is 24.6 Å². The van der Waals surface area contributed by atoms with Crippen molar-refractivity contribution in [1.82, 2.24) is 20.8 Å². The van der Waals surface area contributed by atoms with Gasteiger partial charge in [0, 0.05) is 12.8 Å². The largest absolute Gasteiger partial charge is 0.479 e. The predicted octanol–water partition coefficient (Wildman–Crippen LogP) is -3.21. The van der Waals surface area contributed by atoms with Crippen molar-refractivity contribution < 1.29 is 34.2 Å². The Hall–Kier alpha value is -2.77. The van der Waals surface area contributed by atoms with Crippen molar-refractivity contribution in [2.24, 2.45) is 11.5 Å². The second-order valence-electron chi connectivity index (χ2n) is 6.53. The van der Waals surface area contributed by atoms with Crippen molar-refractivity contribution in [2.45, 2.75) is 48.6 Å². The molecule has 5 atom stereocenters. The molecule has 26 heavy (non-hydrogen) atoms. The van der Waals surface area contributed by atoms with Gasteiger partial charge in [0.15, 0.2) is 11.4 Å². The lowest BCUT2D eigenvalue weighted by Crippen LogP contribution is -2.51. The van der Waals surface area contributed by atoms with Crippen molar-refractivity contribution in [3.63, 3.8) is 0 Å². The van der Waals surface area contributed by atoms with E-state index in [1.54, 1.807) is 0 Å². The molecule has 2 saturated carbocycles. The van der Waals surface area contributed by atoms with Gasteiger partial charge in [0.25, 0.3) is 0 Å². The molecule has 1 aromatic heterocycles. The summed E-state index contributed by atoms with van der Waals surface area (Å²) in [4.78, 5) is 38.5. The lowest BCUT2D eigenvalue weighted by atomic mass is 10.2. The molecule has 3 rings (SSSR count). The quantitative estimate of drug-likeness (QED) is 0.254. The fourth-order valence-corrected chi connectivity index (χ4v) is 2.53. The molecule has 2 fully saturated rings. The van der Waals surface area contributed by atoms with E-state index >= 15 is 0 Å². The van der Waals surface area contributed by atoms with Gasteiger partial charge < -0.3 is 41.9 Å². The lowest BCUT2D eigenvalue weighted by Gasteiger charge is -2.17. The van der Waals surface area contributed by atoms with Crippen LogP contribution in [0.3, 0.4) is 0 Å². The Balaban J connectivity index is 1.72. The smallest absolute Gasteiger partial charge is 0.332 e. The number of aromatic nitrogens is 2. The van der Waals surface area contributed by atoms with Crippen molar-refractivity contribution in [2.75, 3.05) is 0 Å². The number of nitrogens with zero attached hydrogens (tertiary/aromatic N) is 2. The lowest BCUT2D eigenvalue weighted by molar-refractivity contribution is -0.141. The molecule has 3 amide bonds. The van der Waals surface area contributed by atoms with Crippen LogP contribution in [0.2, 0.25) is 0 Å². The number of aliphatic carboxylic acids is 1. The van der Waals surface area contributed by atoms with Crippen LogP contribution in [-0.4, -0.2) is 61.1 Å². The van der Waals surface area contributed by atoms with E-state index in [4.69, 9.17) is 21.1 Å². The summed E-state index contributed by atoms with van der Waals surface area (Å²) < 4.78 is 4.99. The average Bonchev–Trinajstić information content (AvgIpc) is 3.26. The molecule has 1 aromatic rings. The van der Waals surface area contributed by atoms with Crippen molar-refractivity contribution in [3.8, 4) is 0 Å². The summed E-state index contributed by atoms with van der Waals surface area (Å²) >= 11 is 0. The van der Waals surface area contributed by atoms with Crippen LogP contribution in [0.25, 0.3) is 0 Å². The van der Waals surface area contributed by atoms with E-state index in [2.05, 4.69) is 20.8 Å². The molecule has 2 aliphatic carbocycles. The van der Waals surface area contributed by atoms with Crippen LogP contribution in [0.5, 0.6) is 0 Å². The normalized spacial score (nSPS) is 33.2. The molecule has 13 heteroatoms. The minimum Gasteiger partial charge on any atom is -0.479 e. The van der Waals surface area contributed by atoms with Crippen molar-refractivity contribution in [3.05, 3.63) is 11.7 Å². The molecular weight excluding hydrogens is 352 g/mol. The Kier molecular flexibility index (Phi) is 4.09. The first-order valence-electron chi connectivity index (χ1n) is 7.68. The zero-order chi connectivity index (χ0) is 19.3. The Morgan fingerprint density at radius 2 is 1.92 bits per heavy atom. The molecule has 0 radical (unpaired) electrons. The second-order valence-corrected chi connectivity index (χ2v) is 6.53. The average molecular weight is 370 g/mol. The zero-order valence-electron chi connectivity index (χ0n) is 13.4. The summed E-state index contributed by atoms with van der Waals surface area (Å²) in [6, 6.07) is -2.11. The van der Waals surface area contributed by atoms with E-state index in [0.717, 1.165) is 0 Å². The first-order chi connectivity index (χ1) is 12.1. The molecule has 0 saturated heterocycles. The number of nitrogens with one attached hydrogen (secondary N) is 2. The number of hydrogen-bond acceptors (Lipinski definition) is 9. The number of carbonyl (C=O) groups excluding carboxylic acids is 2. The third kappa shape index (κ3) is 3.07. The van der Waals surface area contributed by atoms with Crippen molar-refractivity contribution in [1.29, 1.82) is 0 Å². The van der Waals surface area contributed by atoms with Gasteiger partial charge in [0.05, 0.1) is 18.6 Å². The molecular formula is C13H18N6O7. The van der Waals surface area contributed by atoms with E-state index in [1.807, 2.05) is 0 Å². The summed E-state index contributed by atoms with van der Waals surface area (Å²) in [7, 11) is 0. The zero-order valence-corrected chi connectivity index (χ0v) is 13.4. The molecule has 0 bridgehead atoms. The molecule has 4 unspecified atom stereocenters. The predicted molar refractivity (Wildman–Crippen MR) is 80.0 cm³/mol. The number of carbonyl (C=O) groups is 3. The standard InChI is InChI=1S/C13H18N6O7/c14-7(22)1-4(8-17-9(19-26-8)12(15)2-5(12)20)16-11(25)18-13(10(23)24)3-6(13)21/h4-6,20-21H,1-3,15H2,(H2,14,22)(H,23,24)(H2,16,18,25)/t4-,5?,6?,12?,13?/m0/s1. The van der Waals surface area contributed by atoms with E-state index in [0.29, 0.717) is 0 Å². The Bertz CT molecular complexity index is 768. The molecule has 0 aliphatic heterocycles. The third-order valence-corrected chi connectivity index (χ3v) is 4.47. The van der Waals surface area contributed by atoms with E-state index in [9.17, 15) is 24.6 Å². The SMILES string of the molecule is NC(=O)C[C@H](NC(=O)NC1(C(=O)O)CC1O)c1nc(C2(N)CC2O)no1.